The lowest BCUT2D eigenvalue weighted by molar-refractivity contribution is -0.134. The summed E-state index contributed by atoms with van der Waals surface area (Å²) in [5.74, 6) is -2.72. The monoisotopic (exact) mass is 451 g/mol. The Hall–Kier alpha value is -2.95. The fourth-order valence-corrected chi connectivity index (χ4v) is 4.19. The Morgan fingerprint density at radius 2 is 1.94 bits per heavy atom. The van der Waals surface area contributed by atoms with E-state index in [9.17, 15) is 22.8 Å². The summed E-state index contributed by atoms with van der Waals surface area (Å²) in [4.78, 5) is 31.9. The number of likely N-dealkylation sites (tertiary alicyclic amines) is 2. The van der Waals surface area contributed by atoms with E-state index in [0.29, 0.717) is 43.8 Å². The number of aromatic nitrogens is 2. The van der Waals surface area contributed by atoms with Crippen molar-refractivity contribution in [2.24, 2.45) is 5.73 Å². The van der Waals surface area contributed by atoms with Gasteiger partial charge in [-0.3, -0.25) is 9.59 Å². The van der Waals surface area contributed by atoms with E-state index in [2.05, 4.69) is 10.1 Å². The lowest BCUT2D eigenvalue weighted by atomic mass is 9.99. The highest BCUT2D eigenvalue weighted by atomic mass is 19.2. The number of rotatable bonds is 6. The lowest BCUT2D eigenvalue weighted by Crippen LogP contribution is -2.47. The Morgan fingerprint density at radius 3 is 2.66 bits per heavy atom. The van der Waals surface area contributed by atoms with Gasteiger partial charge in [0.05, 0.1) is 5.92 Å². The molecule has 8 nitrogen and oxygen atoms in total. The molecule has 2 aliphatic rings. The van der Waals surface area contributed by atoms with E-state index in [-0.39, 0.29) is 42.2 Å². The molecule has 2 aliphatic heterocycles. The molecule has 2 fully saturated rings. The molecule has 2 N–H and O–H groups in total. The number of halogens is 3. The molecule has 2 saturated heterocycles. The molecule has 0 bridgehead atoms. The van der Waals surface area contributed by atoms with Gasteiger partial charge in [0.2, 0.25) is 17.7 Å². The third kappa shape index (κ3) is 4.47. The molecular formula is C21H24F3N5O3. The highest BCUT2D eigenvalue weighted by Gasteiger charge is 2.37. The molecule has 11 heteroatoms. The molecule has 0 saturated carbocycles. The first-order valence-electron chi connectivity index (χ1n) is 10.5. The normalized spacial score (nSPS) is 19.8. The standard InChI is InChI=1S/C21H24F3N5O3/c1-11(30)28-9-13(10-28)20-26-21(32-27-20)18-3-2-4-29(18)19(31)7-14(25)5-12-6-16(23)17(24)8-15(12)22/h6,8,13-14,18H,2-5,7,9-10,25H2,1H3. The van der Waals surface area contributed by atoms with Crippen molar-refractivity contribution in [1.82, 2.24) is 19.9 Å². The average molecular weight is 451 g/mol. The molecule has 0 spiro atoms. The topological polar surface area (TPSA) is 106 Å². The third-order valence-corrected chi connectivity index (χ3v) is 6.02. The van der Waals surface area contributed by atoms with Crippen molar-refractivity contribution in [2.75, 3.05) is 19.6 Å². The van der Waals surface area contributed by atoms with Crippen molar-refractivity contribution >= 4 is 11.8 Å². The number of hydrogen-bond acceptors (Lipinski definition) is 6. The summed E-state index contributed by atoms with van der Waals surface area (Å²) in [7, 11) is 0. The van der Waals surface area contributed by atoms with Crippen molar-refractivity contribution in [1.29, 1.82) is 0 Å². The van der Waals surface area contributed by atoms with Crippen molar-refractivity contribution < 1.29 is 27.3 Å². The smallest absolute Gasteiger partial charge is 0.249 e. The van der Waals surface area contributed by atoms with Crippen LogP contribution in [0.2, 0.25) is 0 Å². The molecule has 32 heavy (non-hydrogen) atoms. The van der Waals surface area contributed by atoms with Crippen LogP contribution in [0.15, 0.2) is 16.7 Å². The van der Waals surface area contributed by atoms with Gasteiger partial charge in [-0.15, -0.1) is 0 Å². The Labute approximate surface area is 182 Å². The summed E-state index contributed by atoms with van der Waals surface area (Å²) in [6.07, 6.45) is 1.21. The second-order valence-corrected chi connectivity index (χ2v) is 8.38. The highest BCUT2D eigenvalue weighted by Crippen LogP contribution is 2.33. The van der Waals surface area contributed by atoms with Gasteiger partial charge in [0.1, 0.15) is 11.9 Å². The maximum Gasteiger partial charge on any atom is 0.249 e. The summed E-state index contributed by atoms with van der Waals surface area (Å²) in [6.45, 7) is 3.08. The zero-order valence-electron chi connectivity index (χ0n) is 17.6. The van der Waals surface area contributed by atoms with Gasteiger partial charge in [-0.05, 0) is 30.9 Å². The van der Waals surface area contributed by atoms with Crippen LogP contribution in [-0.2, 0) is 16.0 Å². The predicted octanol–water partition coefficient (Wildman–Crippen LogP) is 2.06. The first-order valence-corrected chi connectivity index (χ1v) is 10.5. The predicted molar refractivity (Wildman–Crippen MR) is 106 cm³/mol. The number of amides is 2. The van der Waals surface area contributed by atoms with Crippen molar-refractivity contribution in [3.05, 3.63) is 46.9 Å². The van der Waals surface area contributed by atoms with E-state index >= 15 is 0 Å². The first-order chi connectivity index (χ1) is 15.2. The van der Waals surface area contributed by atoms with Gasteiger partial charge in [-0.25, -0.2) is 13.2 Å². The number of nitrogens with zero attached hydrogens (tertiary/aromatic N) is 4. The Kier molecular flexibility index (Phi) is 6.18. The van der Waals surface area contributed by atoms with Crippen molar-refractivity contribution in [3.63, 3.8) is 0 Å². The minimum absolute atomic E-state index is 0.00266. The first kappa shape index (κ1) is 22.3. The van der Waals surface area contributed by atoms with Crippen LogP contribution in [0, 0.1) is 17.5 Å². The van der Waals surface area contributed by atoms with Gasteiger partial charge in [0.15, 0.2) is 17.5 Å². The molecule has 4 rings (SSSR count). The summed E-state index contributed by atoms with van der Waals surface area (Å²) < 4.78 is 45.8. The van der Waals surface area contributed by atoms with Gasteiger partial charge in [0, 0.05) is 45.1 Å². The molecule has 172 valence electrons. The summed E-state index contributed by atoms with van der Waals surface area (Å²) >= 11 is 0. The van der Waals surface area contributed by atoms with Gasteiger partial charge in [-0.1, -0.05) is 5.16 Å². The van der Waals surface area contributed by atoms with Crippen LogP contribution in [0.4, 0.5) is 13.2 Å². The zero-order chi connectivity index (χ0) is 23.0. The molecule has 2 unspecified atom stereocenters. The minimum atomic E-state index is -1.27. The maximum atomic E-state index is 13.9. The quantitative estimate of drug-likeness (QED) is 0.674. The SMILES string of the molecule is CC(=O)N1CC(c2noc(C3CCCN3C(=O)CC(N)Cc3cc(F)c(F)cc3F)n2)C1. The largest absolute Gasteiger partial charge is 0.341 e. The van der Waals surface area contributed by atoms with Crippen LogP contribution in [0.25, 0.3) is 0 Å². The molecule has 0 radical (unpaired) electrons. The van der Waals surface area contributed by atoms with Crippen LogP contribution in [0.3, 0.4) is 0 Å². The molecule has 3 heterocycles. The molecule has 2 amide bonds. The Balaban J connectivity index is 1.37. The number of hydrogen-bond donors (Lipinski definition) is 1. The molecule has 2 aromatic rings. The van der Waals surface area contributed by atoms with Gasteiger partial charge in [0.25, 0.3) is 0 Å². The van der Waals surface area contributed by atoms with Gasteiger partial charge in [-0.2, -0.15) is 4.98 Å². The maximum absolute atomic E-state index is 13.9. The summed E-state index contributed by atoms with van der Waals surface area (Å²) in [6, 6.07) is 0.0934. The highest BCUT2D eigenvalue weighted by molar-refractivity contribution is 5.77. The molecular weight excluding hydrogens is 427 g/mol. The van der Waals surface area contributed by atoms with E-state index in [1.807, 2.05) is 0 Å². The average Bonchev–Trinajstić information content (AvgIpc) is 3.34. The number of carbonyl (C=O) groups excluding carboxylic acids is 2. The van der Waals surface area contributed by atoms with E-state index < -0.39 is 23.5 Å². The van der Waals surface area contributed by atoms with Crippen LogP contribution in [-0.4, -0.2) is 57.4 Å². The fraction of sp³-hybridized carbons (Fsp3) is 0.524. The molecule has 1 aromatic heterocycles. The van der Waals surface area contributed by atoms with Crippen molar-refractivity contribution in [3.8, 4) is 0 Å². The minimum Gasteiger partial charge on any atom is -0.341 e. The number of nitrogens with two attached hydrogens (primary N) is 1. The summed E-state index contributed by atoms with van der Waals surface area (Å²) in [5, 5.41) is 4.02. The fourth-order valence-electron chi connectivity index (χ4n) is 4.19. The second kappa shape index (κ2) is 8.89. The molecule has 2 atom stereocenters. The van der Waals surface area contributed by atoms with E-state index in [1.54, 1.807) is 9.80 Å². The van der Waals surface area contributed by atoms with Crippen LogP contribution < -0.4 is 5.73 Å². The van der Waals surface area contributed by atoms with Gasteiger partial charge < -0.3 is 20.1 Å². The van der Waals surface area contributed by atoms with Crippen LogP contribution in [0.1, 0.15) is 55.4 Å². The molecule has 1 aromatic carbocycles. The van der Waals surface area contributed by atoms with Crippen LogP contribution >= 0.6 is 0 Å². The van der Waals surface area contributed by atoms with E-state index in [1.165, 1.54) is 6.92 Å². The summed E-state index contributed by atoms with van der Waals surface area (Å²) in [5.41, 5.74) is 5.93. The van der Waals surface area contributed by atoms with Crippen molar-refractivity contribution in [2.45, 2.75) is 50.6 Å². The van der Waals surface area contributed by atoms with E-state index in [4.69, 9.17) is 10.3 Å². The second-order valence-electron chi connectivity index (χ2n) is 8.38. The Morgan fingerprint density at radius 1 is 1.22 bits per heavy atom. The van der Waals surface area contributed by atoms with Gasteiger partial charge >= 0.3 is 0 Å². The molecule has 0 aliphatic carbocycles. The zero-order valence-corrected chi connectivity index (χ0v) is 17.6. The number of carbonyl (C=O) groups is 2. The van der Waals surface area contributed by atoms with Crippen LogP contribution in [0.5, 0.6) is 0 Å². The lowest BCUT2D eigenvalue weighted by Gasteiger charge is -2.36. The van der Waals surface area contributed by atoms with E-state index in [0.717, 1.165) is 12.5 Å². The Bertz CT molecular complexity index is 1020. The third-order valence-electron chi connectivity index (χ3n) is 6.02. The number of benzene rings is 1.